The highest BCUT2D eigenvalue weighted by Gasteiger charge is 2.49. The summed E-state index contributed by atoms with van der Waals surface area (Å²) in [5.41, 5.74) is 1.27. The van der Waals surface area contributed by atoms with Crippen LogP contribution in [0.2, 0.25) is 0 Å². The first-order valence-electron chi connectivity index (χ1n) is 6.76. The zero-order valence-electron chi connectivity index (χ0n) is 10.9. The van der Waals surface area contributed by atoms with Crippen LogP contribution >= 0.6 is 0 Å². The molecule has 2 aliphatic heterocycles. The molecule has 3 rings (SSSR count). The van der Waals surface area contributed by atoms with Crippen molar-refractivity contribution in [2.45, 2.75) is 30.7 Å². The van der Waals surface area contributed by atoms with Crippen molar-refractivity contribution in [2.75, 3.05) is 20.1 Å². The number of carbonyl (C=O) groups is 1. The summed E-state index contributed by atoms with van der Waals surface area (Å²) in [4.78, 5) is 14.5. The Morgan fingerprint density at radius 3 is 2.56 bits per heavy atom. The van der Waals surface area contributed by atoms with Crippen molar-refractivity contribution in [3.63, 3.8) is 0 Å². The highest BCUT2D eigenvalue weighted by Crippen LogP contribution is 2.43. The van der Waals surface area contributed by atoms with Crippen molar-refractivity contribution in [3.05, 3.63) is 35.9 Å². The van der Waals surface area contributed by atoms with E-state index >= 15 is 0 Å². The summed E-state index contributed by atoms with van der Waals surface area (Å²) in [5.74, 6) is 0.359. The number of likely N-dealkylation sites (N-methyl/N-ethyl adjacent to an activating group) is 1. The summed E-state index contributed by atoms with van der Waals surface area (Å²) >= 11 is 0. The Bertz CT molecular complexity index is 437. The molecule has 1 N–H and O–H groups in total. The Hall–Kier alpha value is -1.35. The molecule has 2 aliphatic rings. The van der Waals surface area contributed by atoms with Crippen LogP contribution in [0.1, 0.15) is 30.7 Å². The van der Waals surface area contributed by atoms with Crippen molar-refractivity contribution < 1.29 is 4.79 Å². The molecule has 2 heterocycles. The van der Waals surface area contributed by atoms with Gasteiger partial charge in [0.2, 0.25) is 5.91 Å². The highest BCUT2D eigenvalue weighted by atomic mass is 16.2. The maximum Gasteiger partial charge on any atom is 0.230 e. The van der Waals surface area contributed by atoms with Gasteiger partial charge >= 0.3 is 0 Å². The molecule has 1 spiro atoms. The second kappa shape index (κ2) is 4.39. The second-order valence-corrected chi connectivity index (χ2v) is 5.54. The number of rotatable bonds is 1. The molecule has 3 nitrogen and oxygen atoms in total. The Morgan fingerprint density at radius 2 is 1.89 bits per heavy atom. The van der Waals surface area contributed by atoms with E-state index in [1.807, 2.05) is 30.1 Å². The lowest BCUT2D eigenvalue weighted by Gasteiger charge is -2.39. The fourth-order valence-electron chi connectivity index (χ4n) is 3.45. The molecule has 2 fully saturated rings. The van der Waals surface area contributed by atoms with E-state index in [1.165, 1.54) is 5.56 Å². The van der Waals surface area contributed by atoms with Gasteiger partial charge < -0.3 is 10.2 Å². The predicted octanol–water partition coefficient (Wildman–Crippen LogP) is 1.75. The normalized spacial score (nSPS) is 26.8. The van der Waals surface area contributed by atoms with Crippen LogP contribution in [0.15, 0.2) is 30.3 Å². The molecule has 1 amide bonds. The van der Waals surface area contributed by atoms with Crippen LogP contribution < -0.4 is 5.32 Å². The quantitative estimate of drug-likeness (QED) is 0.816. The lowest BCUT2D eigenvalue weighted by molar-refractivity contribution is -0.131. The van der Waals surface area contributed by atoms with Gasteiger partial charge in [-0.2, -0.15) is 0 Å². The topological polar surface area (TPSA) is 32.3 Å². The number of nitrogens with zero attached hydrogens (tertiary/aromatic N) is 1. The van der Waals surface area contributed by atoms with Gasteiger partial charge in [0, 0.05) is 12.6 Å². The fraction of sp³-hybridized carbons (Fsp3) is 0.533. The van der Waals surface area contributed by atoms with Gasteiger partial charge in [-0.1, -0.05) is 30.3 Å². The van der Waals surface area contributed by atoms with Crippen molar-refractivity contribution in [1.82, 2.24) is 10.2 Å². The van der Waals surface area contributed by atoms with Gasteiger partial charge in [0.05, 0.1) is 5.92 Å². The number of hydrogen-bond donors (Lipinski definition) is 1. The van der Waals surface area contributed by atoms with Gasteiger partial charge in [-0.05, 0) is 37.9 Å². The summed E-state index contributed by atoms with van der Waals surface area (Å²) in [6, 6.07) is 10.2. The third-order valence-electron chi connectivity index (χ3n) is 4.66. The molecular weight excluding hydrogens is 224 g/mol. The molecule has 1 atom stereocenters. The van der Waals surface area contributed by atoms with Gasteiger partial charge in [-0.15, -0.1) is 0 Å². The van der Waals surface area contributed by atoms with Crippen LogP contribution in [0, 0.1) is 0 Å². The van der Waals surface area contributed by atoms with Crippen molar-refractivity contribution in [1.29, 1.82) is 0 Å². The van der Waals surface area contributed by atoms with E-state index in [0.29, 0.717) is 5.91 Å². The average Bonchev–Trinajstić information content (AvgIpc) is 2.67. The standard InChI is InChI=1S/C15H20N2O/c1-17-14(18)13(12-5-3-2-4-6-12)11-15(17)7-9-16-10-8-15/h2-6,13,16H,7-11H2,1H3/t13-/m1/s1. The molecule has 0 bridgehead atoms. The van der Waals surface area contributed by atoms with Crippen LogP contribution in [0.25, 0.3) is 0 Å². The van der Waals surface area contributed by atoms with E-state index in [0.717, 1.165) is 32.4 Å². The minimum atomic E-state index is 0.0642. The fourth-order valence-corrected chi connectivity index (χ4v) is 3.45. The van der Waals surface area contributed by atoms with Gasteiger partial charge in [-0.3, -0.25) is 4.79 Å². The van der Waals surface area contributed by atoms with Gasteiger partial charge in [0.15, 0.2) is 0 Å². The maximum atomic E-state index is 12.5. The van der Waals surface area contributed by atoms with E-state index in [4.69, 9.17) is 0 Å². The Kier molecular flexibility index (Phi) is 2.86. The molecule has 1 aromatic carbocycles. The molecule has 0 aromatic heterocycles. The number of nitrogens with one attached hydrogen (secondary N) is 1. The molecule has 1 aromatic rings. The van der Waals surface area contributed by atoms with Crippen LogP contribution in [-0.2, 0) is 4.79 Å². The number of carbonyl (C=O) groups excluding carboxylic acids is 1. The molecule has 96 valence electrons. The molecule has 3 heteroatoms. The average molecular weight is 244 g/mol. The minimum Gasteiger partial charge on any atom is -0.339 e. The first-order chi connectivity index (χ1) is 8.73. The van der Waals surface area contributed by atoms with Crippen molar-refractivity contribution in [3.8, 4) is 0 Å². The third-order valence-corrected chi connectivity index (χ3v) is 4.66. The van der Waals surface area contributed by atoms with Crippen molar-refractivity contribution in [2.24, 2.45) is 0 Å². The number of amides is 1. The smallest absolute Gasteiger partial charge is 0.230 e. The summed E-state index contributed by atoms with van der Waals surface area (Å²) in [6.07, 6.45) is 3.14. The van der Waals surface area contributed by atoms with Crippen LogP contribution in [0.3, 0.4) is 0 Å². The summed E-state index contributed by atoms with van der Waals surface area (Å²) in [7, 11) is 1.98. The minimum absolute atomic E-state index is 0.0642. The second-order valence-electron chi connectivity index (χ2n) is 5.54. The molecule has 0 aliphatic carbocycles. The van der Waals surface area contributed by atoms with Gasteiger partial charge in [0.25, 0.3) is 0 Å². The van der Waals surface area contributed by atoms with E-state index in [9.17, 15) is 4.79 Å². The van der Waals surface area contributed by atoms with E-state index < -0.39 is 0 Å². The maximum absolute atomic E-state index is 12.5. The number of hydrogen-bond acceptors (Lipinski definition) is 2. The number of piperidine rings is 1. The zero-order valence-corrected chi connectivity index (χ0v) is 10.9. The van der Waals surface area contributed by atoms with Crippen LogP contribution in [-0.4, -0.2) is 36.5 Å². The molecule has 2 saturated heterocycles. The first kappa shape index (κ1) is 11.7. The van der Waals surface area contributed by atoms with E-state index in [2.05, 4.69) is 17.4 Å². The molecule has 0 radical (unpaired) electrons. The van der Waals surface area contributed by atoms with E-state index in [-0.39, 0.29) is 11.5 Å². The Morgan fingerprint density at radius 1 is 1.22 bits per heavy atom. The van der Waals surface area contributed by atoms with Crippen LogP contribution in [0.5, 0.6) is 0 Å². The Labute approximate surface area is 108 Å². The molecule has 18 heavy (non-hydrogen) atoms. The van der Waals surface area contributed by atoms with Gasteiger partial charge in [0.1, 0.15) is 0 Å². The van der Waals surface area contributed by atoms with Gasteiger partial charge in [-0.25, -0.2) is 0 Å². The predicted molar refractivity (Wildman–Crippen MR) is 71.4 cm³/mol. The number of likely N-dealkylation sites (tertiary alicyclic amines) is 1. The van der Waals surface area contributed by atoms with Crippen molar-refractivity contribution >= 4 is 5.91 Å². The summed E-state index contributed by atoms with van der Waals surface area (Å²) in [6.45, 7) is 2.05. The Balaban J connectivity index is 1.89. The monoisotopic (exact) mass is 244 g/mol. The molecule has 0 saturated carbocycles. The number of benzene rings is 1. The largest absolute Gasteiger partial charge is 0.339 e. The first-order valence-corrected chi connectivity index (χ1v) is 6.76. The lowest BCUT2D eigenvalue weighted by Crippen LogP contribution is -2.50. The lowest BCUT2D eigenvalue weighted by atomic mass is 9.82. The summed E-state index contributed by atoms with van der Waals surface area (Å²) < 4.78 is 0. The SMILES string of the molecule is CN1C(=O)[C@@H](c2ccccc2)CC12CCNCC2. The third kappa shape index (κ3) is 1.74. The summed E-state index contributed by atoms with van der Waals surface area (Å²) in [5, 5.41) is 3.39. The molecular formula is C15H20N2O. The zero-order chi connectivity index (χ0) is 12.6. The van der Waals surface area contributed by atoms with E-state index in [1.54, 1.807) is 0 Å². The molecule has 0 unspecified atom stereocenters. The highest BCUT2D eigenvalue weighted by molar-refractivity contribution is 5.87. The van der Waals surface area contributed by atoms with Crippen LogP contribution in [0.4, 0.5) is 0 Å².